The summed E-state index contributed by atoms with van der Waals surface area (Å²) in [6, 6.07) is 11.7. The summed E-state index contributed by atoms with van der Waals surface area (Å²) in [5.74, 6) is -1.19. The molecule has 2 aromatic carbocycles. The molecule has 0 aliphatic heterocycles. The molecule has 0 saturated heterocycles. The molecule has 0 spiro atoms. The molecular weight excluding hydrogens is 516 g/mol. The van der Waals surface area contributed by atoms with Crippen molar-refractivity contribution in [3.63, 3.8) is 0 Å². The standard InChI is InChI=1S/C23H23ClN2O7S2/c1-4-32-17-11-10-14(12-18(17)33-5-2)26(3)35(30,31)19-13-20(24)34-21(19)22(27)25-16-9-7-6-8-15(16)23(28)29/h6-13H,4-5H2,1-3H3,(H,25,27)(H,28,29). The molecular formula is C23H23ClN2O7S2. The first-order chi connectivity index (χ1) is 16.6. The van der Waals surface area contributed by atoms with Crippen LogP contribution in [0.15, 0.2) is 53.4 Å². The van der Waals surface area contributed by atoms with Gasteiger partial charge in [-0.1, -0.05) is 23.7 Å². The summed E-state index contributed by atoms with van der Waals surface area (Å²) in [6.07, 6.45) is 0. The molecule has 9 nitrogen and oxygen atoms in total. The van der Waals surface area contributed by atoms with Gasteiger partial charge in [0.15, 0.2) is 11.5 Å². The van der Waals surface area contributed by atoms with E-state index in [-0.39, 0.29) is 31.0 Å². The molecule has 35 heavy (non-hydrogen) atoms. The van der Waals surface area contributed by atoms with E-state index in [1.807, 2.05) is 6.92 Å². The highest BCUT2D eigenvalue weighted by Gasteiger charge is 2.31. The number of hydrogen-bond donors (Lipinski definition) is 2. The van der Waals surface area contributed by atoms with Gasteiger partial charge in [-0.25, -0.2) is 13.2 Å². The van der Waals surface area contributed by atoms with Gasteiger partial charge in [-0.3, -0.25) is 9.10 Å². The van der Waals surface area contributed by atoms with Gasteiger partial charge in [-0.05, 0) is 44.2 Å². The third kappa shape index (κ3) is 5.69. The van der Waals surface area contributed by atoms with E-state index in [1.54, 1.807) is 25.1 Å². The van der Waals surface area contributed by atoms with E-state index in [2.05, 4.69) is 5.32 Å². The quantitative estimate of drug-likeness (QED) is 0.373. The highest BCUT2D eigenvalue weighted by molar-refractivity contribution is 7.93. The maximum atomic E-state index is 13.5. The Morgan fingerprint density at radius 1 is 1.06 bits per heavy atom. The minimum Gasteiger partial charge on any atom is -0.490 e. The van der Waals surface area contributed by atoms with Crippen molar-refractivity contribution < 1.29 is 32.6 Å². The molecule has 3 aromatic rings. The van der Waals surface area contributed by atoms with Crippen LogP contribution in [0.2, 0.25) is 4.34 Å². The zero-order valence-corrected chi connectivity index (χ0v) is 21.5. The second kappa shape index (κ2) is 11.0. The monoisotopic (exact) mass is 538 g/mol. The lowest BCUT2D eigenvalue weighted by Gasteiger charge is -2.21. The minimum absolute atomic E-state index is 0.0269. The number of carboxylic acid groups (broad SMARTS) is 1. The second-order valence-electron chi connectivity index (χ2n) is 7.02. The number of benzene rings is 2. The number of para-hydroxylation sites is 1. The van der Waals surface area contributed by atoms with Gasteiger partial charge in [0.1, 0.15) is 9.77 Å². The largest absolute Gasteiger partial charge is 0.490 e. The van der Waals surface area contributed by atoms with Crippen LogP contribution in [0.25, 0.3) is 0 Å². The molecule has 0 unspecified atom stereocenters. The Kier molecular flexibility index (Phi) is 8.26. The average molecular weight is 539 g/mol. The van der Waals surface area contributed by atoms with Crippen molar-refractivity contribution in [3.05, 3.63) is 63.3 Å². The van der Waals surface area contributed by atoms with Crippen LogP contribution in [0, 0.1) is 0 Å². The molecule has 0 aliphatic carbocycles. The normalized spacial score (nSPS) is 11.1. The first-order valence-electron chi connectivity index (χ1n) is 10.4. The number of aromatic carboxylic acids is 1. The van der Waals surface area contributed by atoms with Gasteiger partial charge >= 0.3 is 5.97 Å². The molecule has 0 aliphatic rings. The zero-order valence-electron chi connectivity index (χ0n) is 19.1. The number of ether oxygens (including phenoxy) is 2. The van der Waals surface area contributed by atoms with E-state index < -0.39 is 21.9 Å². The number of rotatable bonds is 10. The maximum Gasteiger partial charge on any atom is 0.337 e. The number of thiophene rings is 1. The summed E-state index contributed by atoms with van der Waals surface area (Å²) in [4.78, 5) is 24.0. The second-order valence-corrected chi connectivity index (χ2v) is 10.6. The molecule has 12 heteroatoms. The van der Waals surface area contributed by atoms with Crippen molar-refractivity contribution in [1.82, 2.24) is 0 Å². The summed E-state index contributed by atoms with van der Waals surface area (Å²) >= 11 is 6.87. The zero-order chi connectivity index (χ0) is 25.8. The summed E-state index contributed by atoms with van der Waals surface area (Å²) in [5.41, 5.74) is 0.170. The van der Waals surface area contributed by atoms with Gasteiger partial charge in [0.05, 0.1) is 34.5 Å². The van der Waals surface area contributed by atoms with Crippen molar-refractivity contribution in [2.75, 3.05) is 29.9 Å². The smallest absolute Gasteiger partial charge is 0.337 e. The summed E-state index contributed by atoms with van der Waals surface area (Å²) in [5, 5.41) is 11.8. The average Bonchev–Trinajstić information content (AvgIpc) is 3.23. The maximum absolute atomic E-state index is 13.5. The lowest BCUT2D eigenvalue weighted by molar-refractivity contribution is 0.0698. The Morgan fingerprint density at radius 2 is 1.71 bits per heavy atom. The number of carboxylic acids is 1. The molecule has 0 saturated carbocycles. The number of sulfonamides is 1. The van der Waals surface area contributed by atoms with Crippen LogP contribution in [0.4, 0.5) is 11.4 Å². The van der Waals surface area contributed by atoms with Crippen LogP contribution >= 0.6 is 22.9 Å². The Bertz CT molecular complexity index is 1360. The van der Waals surface area contributed by atoms with E-state index in [0.29, 0.717) is 24.7 Å². The first-order valence-corrected chi connectivity index (χ1v) is 13.0. The Hall–Kier alpha value is -3.28. The van der Waals surface area contributed by atoms with Gasteiger partial charge in [0.2, 0.25) is 0 Å². The molecule has 0 bridgehead atoms. The van der Waals surface area contributed by atoms with Crippen LogP contribution in [-0.4, -0.2) is 45.7 Å². The number of nitrogens with zero attached hydrogens (tertiary/aromatic N) is 1. The molecule has 3 rings (SSSR count). The summed E-state index contributed by atoms with van der Waals surface area (Å²) < 4.78 is 39.2. The number of halogens is 1. The van der Waals surface area contributed by atoms with Gasteiger partial charge in [0.25, 0.3) is 15.9 Å². The molecule has 1 amide bonds. The molecule has 1 heterocycles. The van der Waals surface area contributed by atoms with Crippen molar-refractivity contribution in [2.45, 2.75) is 18.7 Å². The Labute approximate surface area is 211 Å². The fourth-order valence-electron chi connectivity index (χ4n) is 3.18. The van der Waals surface area contributed by atoms with Gasteiger partial charge in [0, 0.05) is 13.1 Å². The van der Waals surface area contributed by atoms with E-state index in [9.17, 15) is 23.1 Å². The molecule has 0 atom stereocenters. The van der Waals surface area contributed by atoms with Crippen LogP contribution in [0.1, 0.15) is 33.9 Å². The van der Waals surface area contributed by atoms with Crippen LogP contribution in [0.5, 0.6) is 11.5 Å². The number of carbonyl (C=O) groups is 2. The van der Waals surface area contributed by atoms with Crippen LogP contribution < -0.4 is 19.1 Å². The number of amides is 1. The minimum atomic E-state index is -4.24. The van der Waals surface area contributed by atoms with Gasteiger partial charge in [-0.2, -0.15) is 0 Å². The van der Waals surface area contributed by atoms with Crippen molar-refractivity contribution >= 4 is 56.2 Å². The molecule has 186 valence electrons. The van der Waals surface area contributed by atoms with Gasteiger partial charge < -0.3 is 19.9 Å². The van der Waals surface area contributed by atoms with Crippen LogP contribution in [-0.2, 0) is 10.0 Å². The SMILES string of the molecule is CCOc1ccc(N(C)S(=O)(=O)c2cc(Cl)sc2C(=O)Nc2ccccc2C(=O)O)cc1OCC. The Morgan fingerprint density at radius 3 is 2.37 bits per heavy atom. The number of hydrogen-bond acceptors (Lipinski definition) is 7. The number of nitrogens with one attached hydrogen (secondary N) is 1. The van der Waals surface area contributed by atoms with E-state index in [0.717, 1.165) is 15.6 Å². The van der Waals surface area contributed by atoms with E-state index >= 15 is 0 Å². The first kappa shape index (κ1) is 26.3. The molecule has 2 N–H and O–H groups in total. The highest BCUT2D eigenvalue weighted by Crippen LogP contribution is 2.37. The molecule has 0 fully saturated rings. The van der Waals surface area contributed by atoms with Crippen molar-refractivity contribution in [3.8, 4) is 11.5 Å². The lowest BCUT2D eigenvalue weighted by Crippen LogP contribution is -2.28. The van der Waals surface area contributed by atoms with Gasteiger partial charge in [-0.15, -0.1) is 11.3 Å². The third-order valence-electron chi connectivity index (χ3n) is 4.81. The highest BCUT2D eigenvalue weighted by atomic mass is 35.5. The predicted molar refractivity (Wildman–Crippen MR) is 135 cm³/mol. The van der Waals surface area contributed by atoms with Crippen molar-refractivity contribution in [1.29, 1.82) is 0 Å². The third-order valence-corrected chi connectivity index (χ3v) is 8.01. The van der Waals surface area contributed by atoms with Crippen molar-refractivity contribution in [2.24, 2.45) is 0 Å². The number of anilines is 2. The van der Waals surface area contributed by atoms with E-state index in [1.165, 1.54) is 37.4 Å². The fourth-order valence-corrected chi connectivity index (χ4v) is 6.05. The molecule has 0 radical (unpaired) electrons. The topological polar surface area (TPSA) is 122 Å². The summed E-state index contributed by atoms with van der Waals surface area (Å²) in [6.45, 7) is 4.37. The lowest BCUT2D eigenvalue weighted by atomic mass is 10.2. The van der Waals surface area contributed by atoms with Crippen LogP contribution in [0.3, 0.4) is 0 Å². The van der Waals surface area contributed by atoms with E-state index in [4.69, 9.17) is 21.1 Å². The molecule has 1 aromatic heterocycles. The summed E-state index contributed by atoms with van der Waals surface area (Å²) in [7, 11) is -2.90. The Balaban J connectivity index is 1.98. The fraction of sp³-hybridized carbons (Fsp3) is 0.217. The predicted octanol–water partition coefficient (Wildman–Crippen LogP) is 4.97. The number of carbonyl (C=O) groups excluding carboxylic acids is 1.